The molecule has 0 heterocycles. The van der Waals surface area contributed by atoms with Crippen LogP contribution < -0.4 is 63.9 Å². The van der Waals surface area contributed by atoms with E-state index < -0.39 is 7.26 Å². The number of nitrogens with zero attached hydrogens (tertiary/aromatic N) is 1. The summed E-state index contributed by atoms with van der Waals surface area (Å²) in [5, 5.41) is 13.9. The number of carbonyl (C=O) groups is 1. The lowest BCUT2D eigenvalue weighted by atomic mass is 10.1. The van der Waals surface area contributed by atoms with E-state index in [2.05, 4.69) is 17.2 Å². The molecule has 0 fully saturated rings. The van der Waals surface area contributed by atoms with Crippen molar-refractivity contribution in [2.24, 2.45) is 0 Å². The second-order valence-electron chi connectivity index (χ2n) is 11.6. The fourth-order valence-corrected chi connectivity index (χ4v) is 11.6. The quantitative estimate of drug-likeness (QED) is 0.0821. The van der Waals surface area contributed by atoms with Crippen molar-refractivity contribution in [1.29, 1.82) is 5.26 Å². The summed E-state index contributed by atoms with van der Waals surface area (Å²) in [4.78, 5) is 13.1. The van der Waals surface area contributed by atoms with Crippen molar-refractivity contribution in [3.05, 3.63) is 71.8 Å². The lowest BCUT2D eigenvalue weighted by Gasteiger charge is -2.33. The first-order chi connectivity index (χ1) is 26.2. The zero-order valence-electron chi connectivity index (χ0n) is 32.1. The Bertz CT molecular complexity index is 1800. The van der Waals surface area contributed by atoms with E-state index in [1.54, 1.807) is 94.3 Å². The Morgan fingerprint density at radius 2 is 0.944 bits per heavy atom. The van der Waals surface area contributed by atoms with Crippen LogP contribution in [0.5, 0.6) is 51.7 Å². The smallest absolute Gasteiger partial charge is 0.251 e. The third-order valence-corrected chi connectivity index (χ3v) is 13.4. The summed E-state index contributed by atoms with van der Waals surface area (Å²) in [6, 6.07) is 19.5. The van der Waals surface area contributed by atoms with Crippen LogP contribution in [0.1, 0.15) is 28.8 Å². The summed E-state index contributed by atoms with van der Waals surface area (Å²) in [5.74, 6) is 9.42. The van der Waals surface area contributed by atoms with Crippen molar-refractivity contribution < 1.29 is 47.4 Å². The molecule has 4 rings (SSSR count). The first-order valence-electron chi connectivity index (χ1n) is 16.8. The summed E-state index contributed by atoms with van der Waals surface area (Å²) < 4.78 is 54.1. The summed E-state index contributed by atoms with van der Waals surface area (Å²) in [5.41, 5.74) is 1.12. The van der Waals surface area contributed by atoms with E-state index in [9.17, 15) is 4.79 Å². The Hall–Kier alpha value is -5.97. The Balaban J connectivity index is 2.00. The van der Waals surface area contributed by atoms with Crippen molar-refractivity contribution >= 4 is 29.1 Å². The zero-order chi connectivity index (χ0) is 39.3. The number of methoxy groups -OCH3 is 9. The van der Waals surface area contributed by atoms with Gasteiger partial charge in [-0.3, -0.25) is 4.79 Å². The van der Waals surface area contributed by atoms with E-state index in [0.29, 0.717) is 88.4 Å². The molecule has 1 amide bonds. The molecule has 284 valence electrons. The standard InChI is InChI=1S/C41H45N2O10P/c1-45-29-21-32(48-4)38(33(22-29)49-5)54(39-34(50-6)23-30(46-2)24-35(39)51-7,40-36(52-8)25-31(47-3)26-37(40)53-9)20-11-10-19-43-41(44)28-16-14-27(15-17-28)13-12-18-42/h14-17,21-26H,10-11,19-20H2,1-9H3/p+1. The van der Waals surface area contributed by atoms with Gasteiger partial charge in [0.25, 0.3) is 5.91 Å². The highest BCUT2D eigenvalue weighted by molar-refractivity contribution is 7.96. The number of nitriles is 1. The lowest BCUT2D eigenvalue weighted by Crippen LogP contribution is -2.38. The van der Waals surface area contributed by atoms with E-state index in [4.69, 9.17) is 47.9 Å². The van der Waals surface area contributed by atoms with Crippen LogP contribution in [0.2, 0.25) is 0 Å². The molecule has 54 heavy (non-hydrogen) atoms. The maximum Gasteiger partial charge on any atom is 0.251 e. The molecule has 1 N–H and O–H groups in total. The highest BCUT2D eigenvalue weighted by Gasteiger charge is 2.57. The minimum Gasteiger partial charge on any atom is -0.496 e. The number of benzene rings is 4. The topological polar surface area (TPSA) is 136 Å². The van der Waals surface area contributed by atoms with E-state index >= 15 is 0 Å². The van der Waals surface area contributed by atoms with Crippen LogP contribution in [0.4, 0.5) is 0 Å². The lowest BCUT2D eigenvalue weighted by molar-refractivity contribution is 0.0953. The molecular formula is C41H46N2O10P+. The number of carbonyl (C=O) groups excluding carboxylic acids is 1. The van der Waals surface area contributed by atoms with Gasteiger partial charge < -0.3 is 47.9 Å². The van der Waals surface area contributed by atoms with Crippen LogP contribution in [-0.2, 0) is 0 Å². The van der Waals surface area contributed by atoms with Crippen LogP contribution in [0, 0.1) is 23.2 Å². The van der Waals surface area contributed by atoms with E-state index in [1.165, 1.54) is 0 Å². The Labute approximate surface area is 317 Å². The summed E-state index contributed by atoms with van der Waals surface area (Å²) in [7, 11) is 11.1. The van der Waals surface area contributed by atoms with Gasteiger partial charge in [-0.05, 0) is 37.1 Å². The third kappa shape index (κ3) is 8.46. The molecule has 0 aliphatic rings. The number of ether oxygens (including phenoxy) is 9. The summed E-state index contributed by atoms with van der Waals surface area (Å²) in [6.45, 7) is 0.374. The Morgan fingerprint density at radius 3 is 1.26 bits per heavy atom. The monoisotopic (exact) mass is 757 g/mol. The van der Waals surface area contributed by atoms with Crippen molar-refractivity contribution in [3.63, 3.8) is 0 Å². The van der Waals surface area contributed by atoms with Gasteiger partial charge in [0.15, 0.2) is 56.5 Å². The van der Waals surface area contributed by atoms with Crippen molar-refractivity contribution in [2.75, 3.05) is 76.7 Å². The number of hydrogen-bond acceptors (Lipinski definition) is 11. The van der Waals surface area contributed by atoms with E-state index in [0.717, 1.165) is 15.9 Å². The van der Waals surface area contributed by atoms with Crippen molar-refractivity contribution in [3.8, 4) is 69.7 Å². The number of hydrogen-bond donors (Lipinski definition) is 1. The van der Waals surface area contributed by atoms with Gasteiger partial charge >= 0.3 is 0 Å². The minimum atomic E-state index is -3.17. The molecule has 0 atom stereocenters. The first kappa shape index (κ1) is 40.8. The van der Waals surface area contributed by atoms with Crippen LogP contribution in [-0.4, -0.2) is 82.6 Å². The molecule has 0 spiro atoms. The largest absolute Gasteiger partial charge is 0.496 e. The van der Waals surface area contributed by atoms with Gasteiger partial charge in [-0.25, -0.2) is 0 Å². The molecule has 0 radical (unpaired) electrons. The highest BCUT2D eigenvalue weighted by Crippen LogP contribution is 2.66. The average molecular weight is 758 g/mol. The molecule has 4 aromatic carbocycles. The highest BCUT2D eigenvalue weighted by atomic mass is 31.2. The molecular weight excluding hydrogens is 711 g/mol. The molecule has 0 aromatic heterocycles. The van der Waals surface area contributed by atoms with Crippen LogP contribution in [0.3, 0.4) is 0 Å². The number of rotatable bonds is 18. The van der Waals surface area contributed by atoms with Crippen molar-refractivity contribution in [1.82, 2.24) is 5.32 Å². The second kappa shape index (κ2) is 19.2. The zero-order valence-corrected chi connectivity index (χ0v) is 33.0. The number of amides is 1. The molecule has 0 aliphatic carbocycles. The molecule has 12 nitrogen and oxygen atoms in total. The SMILES string of the molecule is COc1cc(OC)c([P+](CCCCNC(=O)c2ccc(C#CC#N)cc2)(c2c(OC)cc(OC)cc2OC)c2c(OC)cc(OC)cc2OC)c(OC)c1. The normalized spacial score (nSPS) is 10.5. The van der Waals surface area contributed by atoms with Gasteiger partial charge in [0.2, 0.25) is 0 Å². The molecule has 0 aliphatic heterocycles. The predicted octanol–water partition coefficient (Wildman–Crippen LogP) is 5.14. The molecule has 0 saturated heterocycles. The van der Waals surface area contributed by atoms with Crippen molar-refractivity contribution in [2.45, 2.75) is 12.8 Å². The maximum absolute atomic E-state index is 13.1. The summed E-state index contributed by atoms with van der Waals surface area (Å²) >= 11 is 0. The van der Waals surface area contributed by atoms with E-state index in [-0.39, 0.29) is 5.91 Å². The van der Waals surface area contributed by atoms with Crippen LogP contribution in [0.25, 0.3) is 0 Å². The third-order valence-electron chi connectivity index (χ3n) is 8.83. The minimum absolute atomic E-state index is 0.230. The fraction of sp³-hybridized carbons (Fsp3) is 0.317. The average Bonchev–Trinajstić information content (AvgIpc) is 3.22. The van der Waals surface area contributed by atoms with Gasteiger partial charge in [0, 0.05) is 60.0 Å². The molecule has 0 unspecified atom stereocenters. The van der Waals surface area contributed by atoms with Gasteiger partial charge in [-0.15, -0.1) is 0 Å². The predicted molar refractivity (Wildman–Crippen MR) is 209 cm³/mol. The van der Waals surface area contributed by atoms with Gasteiger partial charge in [0.1, 0.15) is 24.5 Å². The second-order valence-corrected chi connectivity index (χ2v) is 15.0. The molecule has 0 bridgehead atoms. The van der Waals surface area contributed by atoms with Gasteiger partial charge in [0.05, 0.1) is 70.2 Å². The van der Waals surface area contributed by atoms with Gasteiger partial charge in [-0.1, -0.05) is 5.92 Å². The molecule has 13 heteroatoms. The maximum atomic E-state index is 13.1. The van der Waals surface area contributed by atoms with Crippen LogP contribution in [0.15, 0.2) is 60.7 Å². The Morgan fingerprint density at radius 1 is 0.574 bits per heavy atom. The summed E-state index contributed by atoms with van der Waals surface area (Å²) in [6.07, 6.45) is 1.65. The fourth-order valence-electron chi connectivity index (χ4n) is 6.34. The first-order valence-corrected chi connectivity index (χ1v) is 18.8. The van der Waals surface area contributed by atoms with Crippen LogP contribution >= 0.6 is 7.26 Å². The van der Waals surface area contributed by atoms with E-state index in [1.807, 2.05) is 36.4 Å². The van der Waals surface area contributed by atoms with Gasteiger partial charge in [-0.2, -0.15) is 5.26 Å². The molecule has 4 aromatic rings. The number of unbranched alkanes of at least 4 members (excludes halogenated alkanes) is 1. The Kier molecular flexibility index (Phi) is 14.5. The number of nitrogens with one attached hydrogen (secondary N) is 1. The molecule has 0 saturated carbocycles.